The number of anilines is 1. The number of halogens is 3. The van der Waals surface area contributed by atoms with Gasteiger partial charge in [-0.2, -0.15) is 0 Å². The van der Waals surface area contributed by atoms with Gasteiger partial charge in [-0.25, -0.2) is 4.39 Å². The van der Waals surface area contributed by atoms with E-state index < -0.39 is 0 Å². The summed E-state index contributed by atoms with van der Waals surface area (Å²) in [5.74, 6) is 0.229. The summed E-state index contributed by atoms with van der Waals surface area (Å²) in [5.41, 5.74) is 7.20. The molecule has 0 aliphatic heterocycles. The van der Waals surface area contributed by atoms with Gasteiger partial charge in [0.2, 0.25) is 0 Å². The quantitative estimate of drug-likeness (QED) is 0.846. The van der Waals surface area contributed by atoms with E-state index in [9.17, 15) is 4.39 Å². The van der Waals surface area contributed by atoms with Crippen molar-refractivity contribution in [1.29, 1.82) is 0 Å². The van der Waals surface area contributed by atoms with E-state index >= 15 is 0 Å². The molecule has 0 spiro atoms. The predicted molar refractivity (Wildman–Crippen MR) is 74.3 cm³/mol. The second-order valence-electron chi connectivity index (χ2n) is 3.71. The van der Waals surface area contributed by atoms with Crippen molar-refractivity contribution >= 4 is 33.2 Å². The van der Waals surface area contributed by atoms with Crippen molar-refractivity contribution in [2.45, 2.75) is 6.61 Å². The highest BCUT2D eigenvalue weighted by Gasteiger charge is 2.05. The van der Waals surface area contributed by atoms with E-state index in [1.807, 2.05) is 0 Å². The van der Waals surface area contributed by atoms with Gasteiger partial charge < -0.3 is 10.5 Å². The minimum absolute atomic E-state index is 0.274. The molecular weight excluding hydrogens is 321 g/mol. The topological polar surface area (TPSA) is 35.2 Å². The van der Waals surface area contributed by atoms with Crippen molar-refractivity contribution < 1.29 is 9.13 Å². The Morgan fingerprint density at radius 1 is 1.22 bits per heavy atom. The molecule has 5 heteroatoms. The van der Waals surface area contributed by atoms with Crippen LogP contribution in [0.5, 0.6) is 5.75 Å². The fourth-order valence-corrected chi connectivity index (χ4v) is 2.11. The molecule has 0 saturated heterocycles. The Hall–Kier alpha value is -1.26. The molecule has 2 aromatic rings. The first-order chi connectivity index (χ1) is 8.56. The zero-order valence-electron chi connectivity index (χ0n) is 9.29. The lowest BCUT2D eigenvalue weighted by Crippen LogP contribution is -2.00. The van der Waals surface area contributed by atoms with Gasteiger partial charge in [0.25, 0.3) is 0 Å². The molecule has 0 saturated carbocycles. The van der Waals surface area contributed by atoms with Gasteiger partial charge in [-0.3, -0.25) is 0 Å². The van der Waals surface area contributed by atoms with E-state index in [1.54, 1.807) is 24.3 Å². The summed E-state index contributed by atoms with van der Waals surface area (Å²) in [6.07, 6.45) is 0. The van der Waals surface area contributed by atoms with E-state index in [0.29, 0.717) is 20.9 Å². The third-order valence-electron chi connectivity index (χ3n) is 2.38. The molecule has 0 aliphatic carbocycles. The van der Waals surface area contributed by atoms with Gasteiger partial charge in [-0.15, -0.1) is 0 Å². The van der Waals surface area contributed by atoms with Gasteiger partial charge in [0.15, 0.2) is 0 Å². The zero-order valence-corrected chi connectivity index (χ0v) is 11.6. The number of nitrogen functional groups attached to an aromatic ring is 1. The van der Waals surface area contributed by atoms with Crippen LogP contribution in [0.4, 0.5) is 10.1 Å². The maximum absolute atomic E-state index is 12.9. The monoisotopic (exact) mass is 329 g/mol. The van der Waals surface area contributed by atoms with Gasteiger partial charge in [0, 0.05) is 16.3 Å². The summed E-state index contributed by atoms with van der Waals surface area (Å²) >= 11 is 9.11. The van der Waals surface area contributed by atoms with Gasteiger partial charge in [0.1, 0.15) is 18.2 Å². The fourth-order valence-electron chi connectivity index (χ4n) is 1.45. The molecule has 2 N–H and O–H groups in total. The summed E-state index contributed by atoms with van der Waals surface area (Å²) in [6.45, 7) is 0.274. The molecule has 0 fully saturated rings. The fraction of sp³-hybridized carbons (Fsp3) is 0.0769. The molecule has 2 nitrogen and oxygen atoms in total. The molecule has 0 heterocycles. The standard InChI is InChI=1S/C13H10BrClFNO/c14-11-6-10(16)2-4-13(11)18-7-8-5-9(15)1-3-12(8)17/h1-6H,7,17H2. The van der Waals surface area contributed by atoms with Crippen molar-refractivity contribution in [3.05, 3.63) is 57.3 Å². The largest absolute Gasteiger partial charge is 0.488 e. The van der Waals surface area contributed by atoms with Crippen LogP contribution in [0.15, 0.2) is 40.9 Å². The highest BCUT2D eigenvalue weighted by molar-refractivity contribution is 9.10. The van der Waals surface area contributed by atoms with E-state index in [1.165, 1.54) is 12.1 Å². The number of ether oxygens (including phenoxy) is 1. The molecule has 94 valence electrons. The van der Waals surface area contributed by atoms with Gasteiger partial charge in [-0.1, -0.05) is 11.6 Å². The first-order valence-electron chi connectivity index (χ1n) is 5.18. The second kappa shape index (κ2) is 5.59. The zero-order chi connectivity index (χ0) is 13.1. The lowest BCUT2D eigenvalue weighted by atomic mass is 10.2. The van der Waals surface area contributed by atoms with Crippen LogP contribution in [-0.4, -0.2) is 0 Å². The first kappa shape index (κ1) is 13.2. The summed E-state index contributed by atoms with van der Waals surface area (Å²) in [5, 5.41) is 0.598. The number of benzene rings is 2. The molecular formula is C13H10BrClFNO. The van der Waals surface area contributed by atoms with Gasteiger partial charge in [0.05, 0.1) is 4.47 Å². The molecule has 0 amide bonds. The number of hydrogen-bond acceptors (Lipinski definition) is 2. The molecule has 2 rings (SSSR count). The molecule has 0 atom stereocenters. The van der Waals surface area contributed by atoms with E-state index in [0.717, 1.165) is 5.56 Å². The Balaban J connectivity index is 2.13. The average Bonchev–Trinajstić information content (AvgIpc) is 2.32. The smallest absolute Gasteiger partial charge is 0.134 e. The Bertz CT molecular complexity index is 577. The molecule has 18 heavy (non-hydrogen) atoms. The van der Waals surface area contributed by atoms with Crippen LogP contribution in [0, 0.1) is 5.82 Å². The van der Waals surface area contributed by atoms with Crippen LogP contribution < -0.4 is 10.5 Å². The minimum atomic E-state index is -0.323. The summed E-state index contributed by atoms with van der Waals surface area (Å²) < 4.78 is 19.0. The third kappa shape index (κ3) is 3.15. The van der Waals surface area contributed by atoms with Crippen LogP contribution in [0.1, 0.15) is 5.56 Å². The Labute approximate surface area is 118 Å². The van der Waals surface area contributed by atoms with Gasteiger partial charge >= 0.3 is 0 Å². The van der Waals surface area contributed by atoms with Crippen molar-refractivity contribution in [2.75, 3.05) is 5.73 Å². The minimum Gasteiger partial charge on any atom is -0.488 e. The van der Waals surface area contributed by atoms with Crippen LogP contribution in [0.2, 0.25) is 5.02 Å². The molecule has 0 unspecified atom stereocenters. The SMILES string of the molecule is Nc1ccc(Cl)cc1COc1ccc(F)cc1Br. The van der Waals surface area contributed by atoms with Crippen molar-refractivity contribution in [3.63, 3.8) is 0 Å². The van der Waals surface area contributed by atoms with Crippen LogP contribution in [0.25, 0.3) is 0 Å². The third-order valence-corrected chi connectivity index (χ3v) is 3.24. The number of hydrogen-bond donors (Lipinski definition) is 1. The summed E-state index contributed by atoms with van der Waals surface area (Å²) in [7, 11) is 0. The van der Waals surface area contributed by atoms with Crippen LogP contribution in [0.3, 0.4) is 0 Å². The van der Waals surface area contributed by atoms with E-state index in [4.69, 9.17) is 22.1 Å². The van der Waals surface area contributed by atoms with Crippen LogP contribution in [-0.2, 0) is 6.61 Å². The molecule has 0 aromatic heterocycles. The maximum atomic E-state index is 12.9. The van der Waals surface area contributed by atoms with E-state index in [2.05, 4.69) is 15.9 Å². The molecule has 2 aromatic carbocycles. The number of rotatable bonds is 3. The second-order valence-corrected chi connectivity index (χ2v) is 5.00. The summed E-state index contributed by atoms with van der Waals surface area (Å²) in [6, 6.07) is 9.42. The lowest BCUT2D eigenvalue weighted by molar-refractivity contribution is 0.304. The van der Waals surface area contributed by atoms with Gasteiger partial charge in [-0.05, 0) is 52.3 Å². The van der Waals surface area contributed by atoms with Crippen molar-refractivity contribution in [2.24, 2.45) is 0 Å². The van der Waals surface area contributed by atoms with E-state index in [-0.39, 0.29) is 12.4 Å². The highest BCUT2D eigenvalue weighted by Crippen LogP contribution is 2.27. The Kier molecular flexibility index (Phi) is 4.09. The summed E-state index contributed by atoms with van der Waals surface area (Å²) in [4.78, 5) is 0. The van der Waals surface area contributed by atoms with Crippen molar-refractivity contribution in [3.8, 4) is 5.75 Å². The average molecular weight is 331 g/mol. The Morgan fingerprint density at radius 2 is 2.00 bits per heavy atom. The number of nitrogens with two attached hydrogens (primary N) is 1. The van der Waals surface area contributed by atoms with Crippen molar-refractivity contribution in [1.82, 2.24) is 0 Å². The molecule has 0 bridgehead atoms. The molecule has 0 aliphatic rings. The normalized spacial score (nSPS) is 10.4. The predicted octanol–water partition coefficient (Wildman–Crippen LogP) is 4.40. The highest BCUT2D eigenvalue weighted by atomic mass is 79.9. The van der Waals surface area contributed by atoms with Crippen LogP contribution >= 0.6 is 27.5 Å². The lowest BCUT2D eigenvalue weighted by Gasteiger charge is -2.10. The maximum Gasteiger partial charge on any atom is 0.134 e. The Morgan fingerprint density at radius 3 is 2.72 bits per heavy atom. The first-order valence-corrected chi connectivity index (χ1v) is 6.35. The molecule has 0 radical (unpaired) electrons.